The second kappa shape index (κ2) is 4.18. The normalized spacial score (nSPS) is 23.8. The van der Waals surface area contributed by atoms with Crippen LogP contribution < -0.4 is 5.73 Å². The number of carbonyl (C=O) groups excluding carboxylic acids is 3. The third kappa shape index (κ3) is 1.53. The number of hydrogen-bond acceptors (Lipinski definition) is 6. The van der Waals surface area contributed by atoms with Crippen LogP contribution >= 0.6 is 11.3 Å². The molecule has 0 aromatic carbocycles. The van der Waals surface area contributed by atoms with Crippen molar-refractivity contribution in [3.63, 3.8) is 0 Å². The van der Waals surface area contributed by atoms with E-state index >= 15 is 0 Å². The summed E-state index contributed by atoms with van der Waals surface area (Å²) in [6.07, 6.45) is 0. The quantitative estimate of drug-likeness (QED) is 0.600. The Morgan fingerprint density at radius 1 is 1.55 bits per heavy atom. The van der Waals surface area contributed by atoms with Crippen molar-refractivity contribution < 1.29 is 24.3 Å². The van der Waals surface area contributed by atoms with Crippen LogP contribution in [0.2, 0.25) is 0 Å². The van der Waals surface area contributed by atoms with Gasteiger partial charge in [-0.05, 0) is 11.6 Å². The molecule has 1 aromatic heterocycles. The minimum Gasteiger partial charge on any atom is -0.467 e. The van der Waals surface area contributed by atoms with E-state index in [1.807, 2.05) is 0 Å². The van der Waals surface area contributed by atoms with Gasteiger partial charge in [0.1, 0.15) is 6.04 Å². The van der Waals surface area contributed by atoms with Gasteiger partial charge >= 0.3 is 12.0 Å². The number of nitrogens with two attached hydrogens (primary N) is 1. The zero-order chi connectivity index (χ0) is 14.6. The van der Waals surface area contributed by atoms with Gasteiger partial charge < -0.3 is 15.4 Å². The summed E-state index contributed by atoms with van der Waals surface area (Å²) in [7, 11) is 1.22. The summed E-state index contributed by atoms with van der Waals surface area (Å²) in [5.74, 6) is -1.24. The Morgan fingerprint density at radius 3 is 2.85 bits per heavy atom. The Hall–Kier alpha value is -2.13. The van der Waals surface area contributed by atoms with E-state index < -0.39 is 30.0 Å². The van der Waals surface area contributed by atoms with Crippen LogP contribution in [0.5, 0.6) is 0 Å². The van der Waals surface area contributed by atoms with Gasteiger partial charge in [-0.25, -0.2) is 9.59 Å². The molecule has 8 nitrogen and oxygen atoms in total. The zero-order valence-corrected chi connectivity index (χ0v) is 11.2. The highest BCUT2D eigenvalue weighted by molar-refractivity contribution is 7.14. The van der Waals surface area contributed by atoms with Gasteiger partial charge in [-0.1, -0.05) is 0 Å². The first-order valence-electron chi connectivity index (χ1n) is 5.75. The fraction of sp³-hybridized carbons (Fsp3) is 0.364. The molecule has 2 bridgehead atoms. The van der Waals surface area contributed by atoms with Crippen LogP contribution in [-0.4, -0.2) is 46.7 Å². The van der Waals surface area contributed by atoms with Gasteiger partial charge in [-0.15, -0.1) is 11.3 Å². The number of thiophene rings is 1. The lowest BCUT2D eigenvalue weighted by Crippen LogP contribution is -2.38. The molecule has 0 radical (unpaired) electrons. The largest absolute Gasteiger partial charge is 0.467 e. The van der Waals surface area contributed by atoms with Crippen LogP contribution in [0.25, 0.3) is 0 Å². The van der Waals surface area contributed by atoms with E-state index in [9.17, 15) is 19.6 Å². The topological polar surface area (TPSA) is 113 Å². The molecule has 106 valence electrons. The number of urea groups is 1. The van der Waals surface area contributed by atoms with Gasteiger partial charge in [0, 0.05) is 4.88 Å². The molecule has 2 aliphatic heterocycles. The summed E-state index contributed by atoms with van der Waals surface area (Å²) in [6.45, 7) is 0.164. The third-order valence-corrected chi connectivity index (χ3v) is 4.70. The molecule has 0 spiro atoms. The summed E-state index contributed by atoms with van der Waals surface area (Å²) in [6, 6.07) is -0.687. The van der Waals surface area contributed by atoms with E-state index in [1.165, 1.54) is 18.1 Å². The number of hydroxylamine groups is 2. The predicted octanol–water partition coefficient (Wildman–Crippen LogP) is 0.243. The number of primary amides is 1. The Bertz CT molecular complexity index is 628. The van der Waals surface area contributed by atoms with E-state index in [1.54, 1.807) is 0 Å². The highest BCUT2D eigenvalue weighted by atomic mass is 32.1. The van der Waals surface area contributed by atoms with Crippen molar-refractivity contribution in [2.75, 3.05) is 13.7 Å². The zero-order valence-electron chi connectivity index (χ0n) is 10.4. The molecule has 1 fully saturated rings. The van der Waals surface area contributed by atoms with Gasteiger partial charge in [-0.2, -0.15) is 5.06 Å². The van der Waals surface area contributed by atoms with Crippen LogP contribution in [0, 0.1) is 0 Å². The monoisotopic (exact) mass is 297 g/mol. The van der Waals surface area contributed by atoms with Crippen LogP contribution in [0.1, 0.15) is 32.2 Å². The van der Waals surface area contributed by atoms with Crippen molar-refractivity contribution in [2.24, 2.45) is 5.73 Å². The average molecular weight is 297 g/mol. The highest BCUT2D eigenvalue weighted by Gasteiger charge is 2.51. The number of nitrogens with zero attached hydrogens (tertiary/aromatic N) is 2. The smallest absolute Gasteiger partial charge is 0.345 e. The first-order valence-corrected chi connectivity index (χ1v) is 6.57. The van der Waals surface area contributed by atoms with Crippen molar-refractivity contribution in [3.05, 3.63) is 21.4 Å². The van der Waals surface area contributed by atoms with Gasteiger partial charge in [0.25, 0.3) is 5.91 Å². The molecule has 0 saturated carbocycles. The molecule has 1 aromatic rings. The first kappa shape index (κ1) is 12.9. The number of carbonyl (C=O) groups is 3. The predicted molar refractivity (Wildman–Crippen MR) is 66.1 cm³/mol. The summed E-state index contributed by atoms with van der Waals surface area (Å²) >= 11 is 1.04. The van der Waals surface area contributed by atoms with Crippen LogP contribution in [0.15, 0.2) is 6.07 Å². The molecule has 9 heteroatoms. The lowest BCUT2D eigenvalue weighted by atomic mass is 9.99. The molecule has 1 saturated heterocycles. The van der Waals surface area contributed by atoms with E-state index in [0.717, 1.165) is 11.3 Å². The highest BCUT2D eigenvalue weighted by Crippen LogP contribution is 2.46. The summed E-state index contributed by atoms with van der Waals surface area (Å²) in [5.41, 5.74) is 5.80. The van der Waals surface area contributed by atoms with E-state index in [2.05, 4.69) is 0 Å². The Labute approximate surface area is 117 Å². The summed E-state index contributed by atoms with van der Waals surface area (Å²) in [4.78, 5) is 37.1. The van der Waals surface area contributed by atoms with Gasteiger partial charge in [0.2, 0.25) is 0 Å². The number of ether oxygens (including phenoxy) is 1. The maximum Gasteiger partial charge on any atom is 0.345 e. The number of fused-ring (bicyclic) bond motifs is 4. The fourth-order valence-corrected chi connectivity index (χ4v) is 3.73. The van der Waals surface area contributed by atoms with Gasteiger partial charge in [0.05, 0.1) is 18.5 Å². The molecule has 3 N–H and O–H groups in total. The number of methoxy groups -OCH3 is 1. The molecular formula is C11H11N3O5S. The van der Waals surface area contributed by atoms with Crippen molar-refractivity contribution in [2.45, 2.75) is 12.1 Å². The lowest BCUT2D eigenvalue weighted by molar-refractivity contribution is -0.146. The number of amides is 3. The number of hydrogen-bond donors (Lipinski definition) is 2. The standard InChI is InChI=1S/C11H11N3O5S/c1-19-10(16)7-8-4(2-6(20-8)9(12)15)5-3-13(7)11(17)14(5)18/h2,5,7,18H,3H2,1H3,(H2,12,15). The van der Waals surface area contributed by atoms with E-state index in [4.69, 9.17) is 10.5 Å². The molecule has 2 atom stereocenters. The van der Waals surface area contributed by atoms with Crippen molar-refractivity contribution in [3.8, 4) is 0 Å². The molecule has 2 aliphatic rings. The van der Waals surface area contributed by atoms with Gasteiger partial charge in [-0.3, -0.25) is 10.0 Å². The number of rotatable bonds is 2. The fourth-order valence-electron chi connectivity index (χ4n) is 2.55. The Kier molecular flexibility index (Phi) is 2.69. The Balaban J connectivity index is 2.16. The second-order valence-electron chi connectivity index (χ2n) is 4.52. The molecule has 2 unspecified atom stereocenters. The maximum atomic E-state index is 11.9. The van der Waals surface area contributed by atoms with E-state index in [-0.39, 0.29) is 11.4 Å². The van der Waals surface area contributed by atoms with Crippen molar-refractivity contribution in [1.82, 2.24) is 9.96 Å². The second-order valence-corrected chi connectivity index (χ2v) is 5.60. The van der Waals surface area contributed by atoms with Crippen molar-refractivity contribution >= 4 is 29.2 Å². The van der Waals surface area contributed by atoms with Crippen LogP contribution in [-0.2, 0) is 9.53 Å². The molecule has 20 heavy (non-hydrogen) atoms. The lowest BCUT2D eigenvalue weighted by Gasteiger charge is -2.28. The maximum absolute atomic E-state index is 11.9. The summed E-state index contributed by atoms with van der Waals surface area (Å²) < 4.78 is 4.71. The molecular weight excluding hydrogens is 286 g/mol. The minimum absolute atomic E-state index is 0.164. The van der Waals surface area contributed by atoms with Crippen LogP contribution in [0.3, 0.4) is 0 Å². The average Bonchev–Trinajstić information content (AvgIpc) is 2.96. The van der Waals surface area contributed by atoms with Gasteiger partial charge in [0.15, 0.2) is 6.04 Å². The molecule has 0 aliphatic carbocycles. The molecule has 3 rings (SSSR count). The molecule has 3 amide bonds. The Morgan fingerprint density at radius 2 is 2.25 bits per heavy atom. The minimum atomic E-state index is -0.950. The number of esters is 1. The van der Waals surface area contributed by atoms with E-state index in [0.29, 0.717) is 15.5 Å². The van der Waals surface area contributed by atoms with Crippen LogP contribution in [0.4, 0.5) is 4.79 Å². The molecule has 3 heterocycles. The third-order valence-electron chi connectivity index (χ3n) is 3.48. The SMILES string of the molecule is COC(=O)C1c2sc(C(N)=O)cc2C2CN1C(=O)N2O. The first-order chi connectivity index (χ1) is 9.45. The summed E-state index contributed by atoms with van der Waals surface area (Å²) in [5, 5.41) is 10.4. The van der Waals surface area contributed by atoms with Crippen molar-refractivity contribution in [1.29, 1.82) is 0 Å².